The lowest BCUT2D eigenvalue weighted by Crippen LogP contribution is -2.45. The lowest BCUT2D eigenvalue weighted by Gasteiger charge is -2.32. The van der Waals surface area contributed by atoms with E-state index in [1.54, 1.807) is 6.07 Å². The summed E-state index contributed by atoms with van der Waals surface area (Å²) in [7, 11) is 5.06. The van der Waals surface area contributed by atoms with Crippen molar-refractivity contribution in [1.82, 2.24) is 0 Å². The molecule has 118 valence electrons. The number of quaternary nitrogens is 1. The molecule has 0 aliphatic rings. The van der Waals surface area contributed by atoms with Crippen molar-refractivity contribution in [2.75, 3.05) is 34.4 Å². The van der Waals surface area contributed by atoms with Crippen molar-refractivity contribution >= 4 is 29.2 Å². The van der Waals surface area contributed by atoms with E-state index in [9.17, 15) is 9.90 Å². The number of methoxy groups -OCH3 is 1. The highest BCUT2D eigenvalue weighted by molar-refractivity contribution is 6.37. The second kappa shape index (κ2) is 7.42. The summed E-state index contributed by atoms with van der Waals surface area (Å²) in [5.41, 5.74) is 0.970. The molecule has 0 aromatic heterocycles. The predicted octanol–water partition coefficient (Wildman–Crippen LogP) is 1.71. The van der Waals surface area contributed by atoms with Crippen LogP contribution in [-0.4, -0.2) is 61.1 Å². The van der Waals surface area contributed by atoms with Crippen molar-refractivity contribution in [3.05, 3.63) is 33.3 Å². The van der Waals surface area contributed by atoms with Crippen LogP contribution in [0.2, 0.25) is 10.0 Å². The Morgan fingerprint density at radius 1 is 1.33 bits per heavy atom. The van der Waals surface area contributed by atoms with Crippen molar-refractivity contribution in [3.63, 3.8) is 0 Å². The maximum Gasteiger partial charge on any atom is 0.339 e. The van der Waals surface area contributed by atoms with Gasteiger partial charge in [0.1, 0.15) is 19.2 Å². The van der Waals surface area contributed by atoms with Gasteiger partial charge in [-0.1, -0.05) is 23.2 Å². The third-order valence-electron chi connectivity index (χ3n) is 3.06. The summed E-state index contributed by atoms with van der Waals surface area (Å²) in [6.45, 7) is 0.517. The third-order valence-corrected chi connectivity index (χ3v) is 3.72. The molecule has 0 saturated heterocycles. The van der Waals surface area contributed by atoms with Crippen LogP contribution in [0.15, 0.2) is 12.1 Å². The molecule has 0 amide bonds. The second-order valence-corrected chi connectivity index (χ2v) is 6.34. The largest absolute Gasteiger partial charge is 0.465 e. The maximum absolute atomic E-state index is 11.7. The summed E-state index contributed by atoms with van der Waals surface area (Å²) in [6, 6.07) is 3.11. The van der Waals surface area contributed by atoms with Crippen LogP contribution >= 0.6 is 23.2 Å². The molecule has 1 rings (SSSR count). The fourth-order valence-corrected chi connectivity index (χ4v) is 2.66. The Hall–Kier alpha value is -0.850. The van der Waals surface area contributed by atoms with Crippen LogP contribution in [0.3, 0.4) is 0 Å². The van der Waals surface area contributed by atoms with Gasteiger partial charge in [-0.15, -0.1) is 0 Å². The summed E-state index contributed by atoms with van der Waals surface area (Å²) in [5.74, 6) is -0.529. The van der Waals surface area contributed by atoms with Gasteiger partial charge in [-0.05, 0) is 12.1 Å². The Balaban J connectivity index is 3.05. The standard InChI is InChI=1S/C14H20Cl2NO4/c1-17(2,7-10(19)8-18)6-9-4-11(14(20)21-3)13(16)5-12(9)15/h4-5,10,18-19H,6-8H2,1-3H3/q+1/t10-/m0/s1. The first-order valence-corrected chi connectivity index (χ1v) is 7.13. The van der Waals surface area contributed by atoms with E-state index < -0.39 is 12.1 Å². The first-order chi connectivity index (χ1) is 9.70. The van der Waals surface area contributed by atoms with E-state index >= 15 is 0 Å². The summed E-state index contributed by atoms with van der Waals surface area (Å²) >= 11 is 12.2. The van der Waals surface area contributed by atoms with Gasteiger partial charge in [-0.25, -0.2) is 4.79 Å². The number of benzene rings is 1. The number of ether oxygens (including phenoxy) is 1. The van der Waals surface area contributed by atoms with Crippen LogP contribution in [-0.2, 0) is 11.3 Å². The zero-order valence-corrected chi connectivity index (χ0v) is 13.8. The van der Waals surface area contributed by atoms with Crippen LogP contribution in [0.25, 0.3) is 0 Å². The van der Waals surface area contributed by atoms with E-state index in [0.29, 0.717) is 22.6 Å². The number of aliphatic hydroxyl groups is 2. The molecule has 7 heteroatoms. The number of hydrogen-bond donors (Lipinski definition) is 2. The Morgan fingerprint density at radius 3 is 2.48 bits per heavy atom. The van der Waals surface area contributed by atoms with Gasteiger partial charge in [0.25, 0.3) is 0 Å². The zero-order valence-electron chi connectivity index (χ0n) is 12.3. The number of rotatable bonds is 6. The number of carbonyl (C=O) groups excluding carboxylic acids is 1. The molecule has 21 heavy (non-hydrogen) atoms. The highest BCUT2D eigenvalue weighted by Crippen LogP contribution is 2.28. The highest BCUT2D eigenvalue weighted by Gasteiger charge is 2.23. The van der Waals surface area contributed by atoms with E-state index in [4.69, 9.17) is 28.3 Å². The quantitative estimate of drug-likeness (QED) is 0.613. The number of esters is 1. The lowest BCUT2D eigenvalue weighted by molar-refractivity contribution is -0.906. The number of hydrogen-bond acceptors (Lipinski definition) is 4. The molecule has 0 fully saturated rings. The first-order valence-electron chi connectivity index (χ1n) is 6.37. The van der Waals surface area contributed by atoms with Crippen molar-refractivity contribution in [1.29, 1.82) is 0 Å². The summed E-state index contributed by atoms with van der Waals surface area (Å²) in [6.07, 6.45) is -0.814. The molecule has 5 nitrogen and oxygen atoms in total. The van der Waals surface area contributed by atoms with Gasteiger partial charge in [-0.3, -0.25) is 0 Å². The van der Waals surface area contributed by atoms with Gasteiger partial charge >= 0.3 is 5.97 Å². The number of nitrogens with zero attached hydrogens (tertiary/aromatic N) is 1. The highest BCUT2D eigenvalue weighted by atomic mass is 35.5. The van der Waals surface area contributed by atoms with E-state index in [-0.39, 0.29) is 17.2 Å². The molecule has 0 aliphatic heterocycles. The molecule has 1 aromatic rings. The summed E-state index contributed by atoms with van der Waals surface area (Å²) in [4.78, 5) is 11.7. The minimum Gasteiger partial charge on any atom is -0.465 e. The lowest BCUT2D eigenvalue weighted by atomic mass is 10.1. The van der Waals surface area contributed by atoms with E-state index in [1.807, 2.05) is 14.1 Å². The molecule has 0 radical (unpaired) electrons. The smallest absolute Gasteiger partial charge is 0.339 e. The molecule has 0 heterocycles. The van der Waals surface area contributed by atoms with Gasteiger partial charge < -0.3 is 19.4 Å². The van der Waals surface area contributed by atoms with Gasteiger partial charge in [0.15, 0.2) is 0 Å². The average Bonchev–Trinajstić information content (AvgIpc) is 2.40. The minimum absolute atomic E-state index is 0.233. The van der Waals surface area contributed by atoms with Crippen molar-refractivity contribution < 1.29 is 24.2 Å². The number of aliphatic hydroxyl groups excluding tert-OH is 2. The molecular formula is C14H20Cl2NO4+. The Labute approximate surface area is 134 Å². The SMILES string of the molecule is COC(=O)c1cc(C[N+](C)(C)C[C@H](O)CO)c(Cl)cc1Cl. The van der Waals surface area contributed by atoms with Crippen LogP contribution < -0.4 is 0 Å². The van der Waals surface area contributed by atoms with Crippen LogP contribution in [0.1, 0.15) is 15.9 Å². The molecule has 1 aromatic carbocycles. The molecular weight excluding hydrogens is 317 g/mol. The summed E-state index contributed by atoms with van der Waals surface area (Å²) in [5, 5.41) is 19.2. The number of carbonyl (C=O) groups is 1. The average molecular weight is 337 g/mol. The van der Waals surface area contributed by atoms with E-state index in [2.05, 4.69) is 4.74 Å². The van der Waals surface area contributed by atoms with Crippen molar-refractivity contribution in [2.24, 2.45) is 0 Å². The van der Waals surface area contributed by atoms with Gasteiger partial charge in [0.2, 0.25) is 0 Å². The minimum atomic E-state index is -0.814. The predicted molar refractivity (Wildman–Crippen MR) is 81.6 cm³/mol. The van der Waals surface area contributed by atoms with Gasteiger partial charge in [-0.2, -0.15) is 0 Å². The molecule has 0 spiro atoms. The molecule has 1 atom stereocenters. The Kier molecular flexibility index (Phi) is 6.43. The van der Waals surface area contributed by atoms with Crippen LogP contribution in [0, 0.1) is 0 Å². The fraction of sp³-hybridized carbons (Fsp3) is 0.500. The number of halogens is 2. The van der Waals surface area contributed by atoms with E-state index in [1.165, 1.54) is 13.2 Å². The number of likely N-dealkylation sites (N-methyl/N-ethyl adjacent to an activating group) is 1. The van der Waals surface area contributed by atoms with Crippen LogP contribution in [0.5, 0.6) is 0 Å². The Morgan fingerprint density at radius 2 is 1.95 bits per heavy atom. The molecule has 0 bridgehead atoms. The molecule has 0 unspecified atom stereocenters. The molecule has 0 aliphatic carbocycles. The third kappa shape index (κ3) is 5.13. The fourth-order valence-electron chi connectivity index (χ4n) is 2.14. The first kappa shape index (κ1) is 18.2. The molecule has 0 saturated carbocycles. The van der Waals surface area contributed by atoms with Gasteiger partial charge in [0.05, 0.1) is 43.4 Å². The summed E-state index contributed by atoms with van der Waals surface area (Å²) < 4.78 is 5.07. The Bertz CT molecular complexity index is 520. The van der Waals surface area contributed by atoms with Gasteiger partial charge in [0, 0.05) is 5.56 Å². The molecule has 2 N–H and O–H groups in total. The zero-order chi connectivity index (χ0) is 16.2. The normalized spacial score (nSPS) is 13.1. The maximum atomic E-state index is 11.7. The van der Waals surface area contributed by atoms with Crippen molar-refractivity contribution in [3.8, 4) is 0 Å². The second-order valence-electron chi connectivity index (χ2n) is 5.53. The monoisotopic (exact) mass is 336 g/mol. The topological polar surface area (TPSA) is 66.8 Å². The van der Waals surface area contributed by atoms with Crippen molar-refractivity contribution in [2.45, 2.75) is 12.6 Å². The van der Waals surface area contributed by atoms with Crippen LogP contribution in [0.4, 0.5) is 0 Å². The van der Waals surface area contributed by atoms with E-state index in [0.717, 1.165) is 5.56 Å².